The van der Waals surface area contributed by atoms with Gasteiger partial charge in [0.1, 0.15) is 12.4 Å². The Morgan fingerprint density at radius 1 is 1.09 bits per heavy atom. The molecule has 6 nitrogen and oxygen atoms in total. The summed E-state index contributed by atoms with van der Waals surface area (Å²) in [7, 11) is -3.80. The van der Waals surface area contributed by atoms with Crippen molar-refractivity contribution >= 4 is 27.3 Å². The predicted octanol–water partition coefficient (Wildman–Crippen LogP) is 5.21. The highest BCUT2D eigenvalue weighted by atomic mass is 32.2. The van der Waals surface area contributed by atoms with E-state index in [-0.39, 0.29) is 17.4 Å². The largest absolute Gasteiger partial charge is 0.490 e. The summed E-state index contributed by atoms with van der Waals surface area (Å²) in [4.78, 5) is 15.3. The number of sulfonamides is 1. The minimum atomic E-state index is -3.80. The first kappa shape index (κ1) is 24.1. The highest BCUT2D eigenvalue weighted by Crippen LogP contribution is 2.39. The Labute approximate surface area is 192 Å². The van der Waals surface area contributed by atoms with Gasteiger partial charge in [-0.05, 0) is 76.3 Å². The van der Waals surface area contributed by atoms with E-state index in [0.29, 0.717) is 40.7 Å². The third-order valence-electron chi connectivity index (χ3n) is 5.72. The second-order valence-corrected chi connectivity index (χ2v) is 11.4. The number of hydrogen-bond acceptors (Lipinski definition) is 4. The fourth-order valence-electron chi connectivity index (χ4n) is 4.11. The zero-order valence-corrected chi connectivity index (χ0v) is 20.9. The zero-order chi connectivity index (χ0) is 23.8. The maximum Gasteiger partial charge on any atom is 0.262 e. The molecule has 0 fully saturated rings. The SMILES string of the molecule is Cc1cc(C)c(S(=O)(=O)Nc2ccc3c(c2)N(CCC(C)C)C(=O)C(C)(C)CO3)c(C)c1. The molecule has 0 spiro atoms. The molecule has 0 aliphatic carbocycles. The molecule has 1 heterocycles. The molecule has 0 saturated carbocycles. The van der Waals surface area contributed by atoms with Crippen LogP contribution in [0.2, 0.25) is 0 Å². The molecule has 7 heteroatoms. The summed E-state index contributed by atoms with van der Waals surface area (Å²) >= 11 is 0. The van der Waals surface area contributed by atoms with Crippen molar-refractivity contribution in [2.45, 2.75) is 59.8 Å². The summed E-state index contributed by atoms with van der Waals surface area (Å²) in [6.45, 7) is 14.3. The van der Waals surface area contributed by atoms with E-state index >= 15 is 0 Å². The second kappa shape index (κ2) is 8.77. The number of nitrogens with zero attached hydrogens (tertiary/aromatic N) is 1. The molecule has 0 unspecified atom stereocenters. The van der Waals surface area contributed by atoms with Crippen LogP contribution in [0.15, 0.2) is 35.2 Å². The highest BCUT2D eigenvalue weighted by Gasteiger charge is 2.38. The molecule has 174 valence electrons. The van der Waals surface area contributed by atoms with Gasteiger partial charge in [-0.1, -0.05) is 31.5 Å². The van der Waals surface area contributed by atoms with Crippen LogP contribution in [0, 0.1) is 32.1 Å². The number of carbonyl (C=O) groups excluding carboxylic acids is 1. The van der Waals surface area contributed by atoms with E-state index in [4.69, 9.17) is 4.74 Å². The molecule has 0 aromatic heterocycles. The molecule has 1 aliphatic heterocycles. The van der Waals surface area contributed by atoms with Crippen LogP contribution in [0.5, 0.6) is 5.75 Å². The van der Waals surface area contributed by atoms with E-state index in [2.05, 4.69) is 18.6 Å². The van der Waals surface area contributed by atoms with Crippen LogP contribution in [-0.4, -0.2) is 27.5 Å². The van der Waals surface area contributed by atoms with E-state index in [1.165, 1.54) is 0 Å². The van der Waals surface area contributed by atoms with Gasteiger partial charge in [0.05, 0.1) is 21.7 Å². The van der Waals surface area contributed by atoms with Crippen LogP contribution in [0.25, 0.3) is 0 Å². The molecule has 2 aromatic rings. The summed E-state index contributed by atoms with van der Waals surface area (Å²) in [5.41, 5.74) is 2.73. The maximum atomic E-state index is 13.3. The topological polar surface area (TPSA) is 75.7 Å². The Kier molecular flexibility index (Phi) is 6.61. The second-order valence-electron chi connectivity index (χ2n) is 9.83. The molecule has 0 bridgehead atoms. The van der Waals surface area contributed by atoms with Gasteiger partial charge < -0.3 is 9.64 Å². The van der Waals surface area contributed by atoms with Crippen molar-refractivity contribution in [3.63, 3.8) is 0 Å². The van der Waals surface area contributed by atoms with Crippen molar-refractivity contribution in [3.05, 3.63) is 47.0 Å². The van der Waals surface area contributed by atoms with Crippen LogP contribution in [-0.2, 0) is 14.8 Å². The van der Waals surface area contributed by atoms with Gasteiger partial charge in [-0.3, -0.25) is 9.52 Å². The number of fused-ring (bicyclic) bond motifs is 1. The maximum absolute atomic E-state index is 13.3. The Morgan fingerprint density at radius 3 is 2.31 bits per heavy atom. The molecular formula is C25H34N2O4S. The molecule has 32 heavy (non-hydrogen) atoms. The minimum Gasteiger partial charge on any atom is -0.490 e. The van der Waals surface area contributed by atoms with E-state index in [0.717, 1.165) is 12.0 Å². The number of benzene rings is 2. The van der Waals surface area contributed by atoms with Gasteiger partial charge in [0.25, 0.3) is 10.0 Å². The summed E-state index contributed by atoms with van der Waals surface area (Å²) in [5.74, 6) is 0.980. The molecule has 0 saturated heterocycles. The third-order valence-corrected chi connectivity index (χ3v) is 7.40. The molecule has 1 aliphatic rings. The van der Waals surface area contributed by atoms with E-state index in [9.17, 15) is 13.2 Å². The molecule has 1 N–H and O–H groups in total. The normalized spacial score (nSPS) is 15.9. The predicted molar refractivity (Wildman–Crippen MR) is 129 cm³/mol. The van der Waals surface area contributed by atoms with Crippen LogP contribution < -0.4 is 14.4 Å². The standard InChI is InChI=1S/C25H34N2O4S/c1-16(2)10-11-27-21-14-20(8-9-22(21)31-15-25(6,7)24(27)28)26-32(29,30)23-18(4)12-17(3)13-19(23)5/h8-9,12-14,16,26H,10-11,15H2,1-7H3. The van der Waals surface area contributed by atoms with Gasteiger partial charge >= 0.3 is 0 Å². The smallest absolute Gasteiger partial charge is 0.262 e. The lowest BCUT2D eigenvalue weighted by molar-refractivity contribution is -0.127. The Balaban J connectivity index is 2.02. The van der Waals surface area contributed by atoms with E-state index in [1.807, 2.05) is 32.9 Å². The summed E-state index contributed by atoms with van der Waals surface area (Å²) in [5, 5.41) is 0. The number of nitrogens with one attached hydrogen (secondary N) is 1. The number of carbonyl (C=O) groups is 1. The Morgan fingerprint density at radius 2 is 1.72 bits per heavy atom. The third kappa shape index (κ3) is 4.93. The van der Waals surface area contributed by atoms with Crippen LogP contribution in [0.1, 0.15) is 50.8 Å². The molecule has 1 amide bonds. The quantitative estimate of drug-likeness (QED) is 0.645. The van der Waals surface area contributed by atoms with Gasteiger partial charge in [-0.2, -0.15) is 0 Å². The van der Waals surface area contributed by atoms with Crippen molar-refractivity contribution in [2.24, 2.45) is 11.3 Å². The number of amides is 1. The van der Waals surface area contributed by atoms with Crippen LogP contribution >= 0.6 is 0 Å². The molecular weight excluding hydrogens is 424 g/mol. The van der Waals surface area contributed by atoms with Crippen LogP contribution in [0.3, 0.4) is 0 Å². The molecule has 2 aromatic carbocycles. The zero-order valence-electron chi connectivity index (χ0n) is 20.1. The average Bonchev–Trinajstić information content (AvgIpc) is 2.73. The Hall–Kier alpha value is -2.54. The van der Waals surface area contributed by atoms with E-state index < -0.39 is 15.4 Å². The highest BCUT2D eigenvalue weighted by molar-refractivity contribution is 7.92. The van der Waals surface area contributed by atoms with Crippen molar-refractivity contribution < 1.29 is 17.9 Å². The monoisotopic (exact) mass is 458 g/mol. The fraction of sp³-hybridized carbons (Fsp3) is 0.480. The first-order valence-electron chi connectivity index (χ1n) is 11.0. The lowest BCUT2D eigenvalue weighted by Gasteiger charge is -2.29. The van der Waals surface area contributed by atoms with E-state index in [1.54, 1.807) is 36.9 Å². The lowest BCUT2D eigenvalue weighted by Crippen LogP contribution is -2.42. The number of hydrogen-bond donors (Lipinski definition) is 1. The molecule has 0 atom stereocenters. The van der Waals surface area contributed by atoms with Crippen molar-refractivity contribution in [2.75, 3.05) is 22.8 Å². The lowest BCUT2D eigenvalue weighted by atomic mass is 9.92. The van der Waals surface area contributed by atoms with Crippen LogP contribution in [0.4, 0.5) is 11.4 Å². The van der Waals surface area contributed by atoms with Gasteiger partial charge in [-0.25, -0.2) is 8.42 Å². The molecule has 3 rings (SSSR count). The van der Waals surface area contributed by atoms with Gasteiger partial charge in [0.2, 0.25) is 5.91 Å². The van der Waals surface area contributed by atoms with Crippen molar-refractivity contribution in [1.29, 1.82) is 0 Å². The molecule has 0 radical (unpaired) electrons. The number of anilines is 2. The first-order valence-corrected chi connectivity index (χ1v) is 12.5. The summed E-state index contributed by atoms with van der Waals surface area (Å²) in [6.07, 6.45) is 0.832. The summed E-state index contributed by atoms with van der Waals surface area (Å²) in [6, 6.07) is 8.84. The van der Waals surface area contributed by atoms with Gasteiger partial charge in [0, 0.05) is 6.54 Å². The average molecular weight is 459 g/mol. The van der Waals surface area contributed by atoms with Gasteiger partial charge in [-0.15, -0.1) is 0 Å². The fourth-order valence-corrected chi connectivity index (χ4v) is 5.62. The first-order chi connectivity index (χ1) is 14.8. The Bertz CT molecular complexity index is 1110. The summed E-state index contributed by atoms with van der Waals surface area (Å²) < 4.78 is 35.1. The number of aryl methyl sites for hydroxylation is 3. The minimum absolute atomic E-state index is 0.0258. The van der Waals surface area contributed by atoms with Crippen molar-refractivity contribution in [3.8, 4) is 5.75 Å². The number of rotatable bonds is 6. The van der Waals surface area contributed by atoms with Gasteiger partial charge in [0.15, 0.2) is 0 Å². The number of ether oxygens (including phenoxy) is 1. The van der Waals surface area contributed by atoms with Crippen molar-refractivity contribution in [1.82, 2.24) is 0 Å².